The zero-order valence-corrected chi connectivity index (χ0v) is 19.8. The topological polar surface area (TPSA) is 87.9 Å². The predicted octanol–water partition coefficient (Wildman–Crippen LogP) is 3.86. The van der Waals surface area contributed by atoms with Crippen molar-refractivity contribution < 1.29 is 14.3 Å². The summed E-state index contributed by atoms with van der Waals surface area (Å²) in [6.07, 6.45) is 1.23. The highest BCUT2D eigenvalue weighted by atomic mass is 32.1. The molecule has 0 atom stereocenters. The van der Waals surface area contributed by atoms with E-state index in [-0.39, 0.29) is 11.8 Å². The van der Waals surface area contributed by atoms with Crippen LogP contribution in [-0.4, -0.2) is 56.1 Å². The number of morpholine rings is 1. The molecular weight excluding hydrogens is 448 g/mol. The van der Waals surface area contributed by atoms with E-state index in [9.17, 15) is 9.59 Å². The summed E-state index contributed by atoms with van der Waals surface area (Å²) in [7, 11) is 0. The number of amides is 2. The van der Waals surface area contributed by atoms with Crippen molar-refractivity contribution in [2.45, 2.75) is 12.8 Å². The first-order valence-electron chi connectivity index (χ1n) is 11.6. The summed E-state index contributed by atoms with van der Waals surface area (Å²) in [5.74, 6) is -0.154. The van der Waals surface area contributed by atoms with Gasteiger partial charge in [-0.3, -0.25) is 14.5 Å². The van der Waals surface area contributed by atoms with Gasteiger partial charge in [-0.2, -0.15) is 0 Å². The minimum Gasteiger partial charge on any atom is -0.397 e. The number of nitrogen functional groups attached to an aromatic ring is 1. The third-order valence-electron chi connectivity index (χ3n) is 6.34. The van der Waals surface area contributed by atoms with Gasteiger partial charge in [0.15, 0.2) is 0 Å². The number of benzene rings is 2. The molecule has 2 amide bonds. The number of nitrogens with two attached hydrogens (primary N) is 1. The number of nitrogens with one attached hydrogen (secondary N) is 1. The molecule has 5 rings (SSSR count). The van der Waals surface area contributed by atoms with Crippen LogP contribution < -0.4 is 16.0 Å². The number of ether oxygens (including phenoxy) is 1. The Morgan fingerprint density at radius 3 is 2.74 bits per heavy atom. The normalized spacial score (nSPS) is 16.0. The van der Waals surface area contributed by atoms with Gasteiger partial charge in [0.25, 0.3) is 5.91 Å². The summed E-state index contributed by atoms with van der Waals surface area (Å²) < 4.78 is 5.39. The van der Waals surface area contributed by atoms with Crippen molar-refractivity contribution in [3.8, 4) is 10.4 Å². The van der Waals surface area contributed by atoms with Crippen molar-refractivity contribution in [1.29, 1.82) is 0 Å². The summed E-state index contributed by atoms with van der Waals surface area (Å²) in [6, 6.07) is 15.2. The Morgan fingerprint density at radius 2 is 1.94 bits per heavy atom. The highest BCUT2D eigenvalue weighted by molar-refractivity contribution is 7.13. The quantitative estimate of drug-likeness (QED) is 0.506. The number of anilines is 3. The van der Waals surface area contributed by atoms with Gasteiger partial charge in [0.05, 0.1) is 31.0 Å². The molecule has 2 aliphatic heterocycles. The van der Waals surface area contributed by atoms with E-state index in [4.69, 9.17) is 10.5 Å². The highest BCUT2D eigenvalue weighted by Gasteiger charge is 2.28. The number of carbonyl (C=O) groups is 2. The predicted molar refractivity (Wildman–Crippen MR) is 136 cm³/mol. The number of hydrogen-bond acceptors (Lipinski definition) is 6. The number of carbonyl (C=O) groups excluding carboxylic acids is 2. The van der Waals surface area contributed by atoms with Crippen LogP contribution in [-0.2, 0) is 16.0 Å². The van der Waals surface area contributed by atoms with Crippen molar-refractivity contribution in [1.82, 2.24) is 4.90 Å². The van der Waals surface area contributed by atoms with Crippen LogP contribution in [0, 0.1) is 0 Å². The Bertz CT molecular complexity index is 1190. The molecule has 3 N–H and O–H groups in total. The Morgan fingerprint density at radius 1 is 1.09 bits per heavy atom. The molecule has 2 aliphatic rings. The maximum absolute atomic E-state index is 13.0. The summed E-state index contributed by atoms with van der Waals surface area (Å²) in [5.41, 5.74) is 10.5. The van der Waals surface area contributed by atoms with Gasteiger partial charge in [-0.25, -0.2) is 0 Å². The van der Waals surface area contributed by atoms with E-state index in [1.165, 1.54) is 0 Å². The molecule has 3 aromatic rings. The second-order valence-corrected chi connectivity index (χ2v) is 9.55. The maximum Gasteiger partial charge on any atom is 0.255 e. The highest BCUT2D eigenvalue weighted by Crippen LogP contribution is 2.32. The van der Waals surface area contributed by atoms with Gasteiger partial charge in [-0.05, 0) is 59.3 Å². The zero-order valence-electron chi connectivity index (χ0n) is 19.0. The van der Waals surface area contributed by atoms with Gasteiger partial charge in [0.2, 0.25) is 5.91 Å². The van der Waals surface area contributed by atoms with Crippen molar-refractivity contribution in [3.05, 3.63) is 65.0 Å². The largest absolute Gasteiger partial charge is 0.397 e. The second kappa shape index (κ2) is 9.97. The number of nitrogens with zero attached hydrogens (tertiary/aromatic N) is 2. The first-order valence-corrected chi connectivity index (χ1v) is 12.4. The third-order valence-corrected chi connectivity index (χ3v) is 7.26. The lowest BCUT2D eigenvalue weighted by atomic mass is 10.1. The van der Waals surface area contributed by atoms with Gasteiger partial charge < -0.3 is 20.7 Å². The number of thiophene rings is 1. The fourth-order valence-electron chi connectivity index (χ4n) is 4.50. The zero-order chi connectivity index (χ0) is 23.5. The van der Waals surface area contributed by atoms with Crippen LogP contribution in [0.1, 0.15) is 22.3 Å². The molecule has 0 bridgehead atoms. The SMILES string of the molecule is Nc1ccc(-c2cccs2)cc1NC(=O)c1ccc2c(c1)CC(=O)N2CCCN1CCOCC1. The molecule has 34 heavy (non-hydrogen) atoms. The van der Waals surface area contributed by atoms with E-state index in [0.717, 1.165) is 61.0 Å². The monoisotopic (exact) mass is 476 g/mol. The standard InChI is InChI=1S/C26H28N4O3S/c27-21-6-4-18(24-3-1-14-34-24)16-22(21)28-26(32)19-5-7-23-20(15-19)17-25(31)30(23)9-2-8-29-10-12-33-13-11-29/h1,3-7,14-16H,2,8-13,17,27H2,(H,28,32). The molecule has 7 nitrogen and oxygen atoms in total. The lowest BCUT2D eigenvalue weighted by molar-refractivity contribution is -0.117. The first-order chi connectivity index (χ1) is 16.6. The van der Waals surface area contributed by atoms with Crippen LogP contribution in [0.4, 0.5) is 17.1 Å². The average molecular weight is 477 g/mol. The van der Waals surface area contributed by atoms with Crippen LogP contribution in [0.5, 0.6) is 0 Å². The minimum atomic E-state index is -0.240. The Kier molecular flexibility index (Phi) is 6.62. The minimum absolute atomic E-state index is 0.0856. The lowest BCUT2D eigenvalue weighted by Gasteiger charge is -2.27. The summed E-state index contributed by atoms with van der Waals surface area (Å²) >= 11 is 1.63. The van der Waals surface area contributed by atoms with Gasteiger partial charge in [-0.15, -0.1) is 11.3 Å². The van der Waals surface area contributed by atoms with Gasteiger partial charge >= 0.3 is 0 Å². The molecule has 0 aliphatic carbocycles. The van der Waals surface area contributed by atoms with Crippen LogP contribution in [0.2, 0.25) is 0 Å². The number of fused-ring (bicyclic) bond motifs is 1. The molecule has 2 aromatic carbocycles. The van der Waals surface area contributed by atoms with E-state index in [1.54, 1.807) is 23.5 Å². The van der Waals surface area contributed by atoms with E-state index >= 15 is 0 Å². The molecule has 3 heterocycles. The molecular formula is C26H28N4O3S. The molecule has 0 radical (unpaired) electrons. The molecule has 0 unspecified atom stereocenters. The van der Waals surface area contributed by atoms with Crippen LogP contribution in [0.15, 0.2) is 53.9 Å². The summed E-state index contributed by atoms with van der Waals surface area (Å²) in [5, 5.41) is 4.96. The van der Waals surface area contributed by atoms with Crippen LogP contribution in [0.25, 0.3) is 10.4 Å². The number of hydrogen-bond donors (Lipinski definition) is 2. The second-order valence-electron chi connectivity index (χ2n) is 8.61. The Labute approximate surface area is 203 Å². The fourth-order valence-corrected chi connectivity index (χ4v) is 5.23. The van der Waals surface area contributed by atoms with E-state index in [1.807, 2.05) is 46.7 Å². The lowest BCUT2D eigenvalue weighted by Crippen LogP contribution is -2.38. The Balaban J connectivity index is 1.25. The fraction of sp³-hybridized carbons (Fsp3) is 0.308. The molecule has 1 saturated heterocycles. The summed E-state index contributed by atoms with van der Waals surface area (Å²) in [4.78, 5) is 31.0. The van der Waals surface area contributed by atoms with E-state index < -0.39 is 0 Å². The molecule has 0 saturated carbocycles. The van der Waals surface area contributed by atoms with Gasteiger partial charge in [0.1, 0.15) is 0 Å². The summed E-state index contributed by atoms with van der Waals surface area (Å²) in [6.45, 7) is 5.09. The molecule has 0 spiro atoms. The van der Waals surface area contributed by atoms with Crippen molar-refractivity contribution in [2.75, 3.05) is 55.3 Å². The van der Waals surface area contributed by atoms with Gasteiger partial charge in [0, 0.05) is 42.3 Å². The average Bonchev–Trinajstić information content (AvgIpc) is 3.49. The molecule has 176 valence electrons. The number of rotatable bonds is 7. The van der Waals surface area contributed by atoms with Crippen LogP contribution in [0.3, 0.4) is 0 Å². The smallest absolute Gasteiger partial charge is 0.255 e. The Hall–Kier alpha value is -3.20. The van der Waals surface area contributed by atoms with E-state index in [2.05, 4.69) is 10.2 Å². The van der Waals surface area contributed by atoms with E-state index in [0.29, 0.717) is 29.9 Å². The van der Waals surface area contributed by atoms with Gasteiger partial charge in [-0.1, -0.05) is 12.1 Å². The molecule has 8 heteroatoms. The maximum atomic E-state index is 13.0. The third kappa shape index (κ3) is 4.84. The first kappa shape index (κ1) is 22.6. The van der Waals surface area contributed by atoms with Crippen molar-refractivity contribution in [3.63, 3.8) is 0 Å². The molecule has 1 aromatic heterocycles. The molecule has 1 fully saturated rings. The van der Waals surface area contributed by atoms with Crippen LogP contribution >= 0.6 is 11.3 Å². The van der Waals surface area contributed by atoms with Crippen molar-refractivity contribution in [2.24, 2.45) is 0 Å². The van der Waals surface area contributed by atoms with Crippen molar-refractivity contribution >= 4 is 40.2 Å².